The van der Waals surface area contributed by atoms with Gasteiger partial charge >= 0.3 is 12.0 Å². The summed E-state index contributed by atoms with van der Waals surface area (Å²) in [6, 6.07) is 4.31. The highest BCUT2D eigenvalue weighted by Crippen LogP contribution is 2.17. The smallest absolute Gasteiger partial charge is 0.324 e. The van der Waals surface area contributed by atoms with E-state index in [1.807, 2.05) is 6.92 Å². The van der Waals surface area contributed by atoms with Crippen LogP contribution in [0.4, 0.5) is 4.79 Å². The number of sulfonamides is 1. The minimum atomic E-state index is -3.93. The van der Waals surface area contributed by atoms with E-state index in [1.165, 1.54) is 26.0 Å². The molecular weight excluding hydrogens is 398 g/mol. The van der Waals surface area contributed by atoms with Crippen LogP contribution in [0.3, 0.4) is 0 Å². The maximum atomic E-state index is 12.3. The number of nitrogens with one attached hydrogen (secondary N) is 3. The molecule has 1 aromatic rings. The second-order valence-corrected chi connectivity index (χ2v) is 8.89. The Hall–Kier alpha value is -2.46. The average Bonchev–Trinajstić information content (AvgIpc) is 3.14. The summed E-state index contributed by atoms with van der Waals surface area (Å²) in [5.74, 6) is -1.72. The highest BCUT2D eigenvalue weighted by atomic mass is 32.2. The molecule has 160 valence electrons. The number of hydrogen-bond acceptors (Lipinski definition) is 6. The molecule has 1 aliphatic carbocycles. The van der Waals surface area contributed by atoms with E-state index < -0.39 is 40.1 Å². The number of imide groups is 1. The molecule has 0 radical (unpaired) electrons. The van der Waals surface area contributed by atoms with Crippen LogP contribution in [0.5, 0.6) is 0 Å². The van der Waals surface area contributed by atoms with Crippen LogP contribution in [0.15, 0.2) is 29.2 Å². The molecule has 1 aromatic carbocycles. The Morgan fingerprint density at radius 3 is 2.24 bits per heavy atom. The fourth-order valence-electron chi connectivity index (χ4n) is 2.90. The molecule has 0 aliphatic heterocycles. The lowest BCUT2D eigenvalue weighted by molar-refractivity contribution is -0.155. The number of carbonyl (C=O) groups is 3. The Balaban J connectivity index is 1.84. The summed E-state index contributed by atoms with van der Waals surface area (Å²) in [6.07, 6.45) is 2.53. The van der Waals surface area contributed by atoms with Gasteiger partial charge in [0, 0.05) is 6.04 Å². The molecule has 1 fully saturated rings. The highest BCUT2D eigenvalue weighted by Gasteiger charge is 2.27. The number of hydrogen-bond donors (Lipinski definition) is 3. The zero-order valence-electron chi connectivity index (χ0n) is 16.7. The summed E-state index contributed by atoms with van der Waals surface area (Å²) < 4.78 is 31.9. The van der Waals surface area contributed by atoms with Gasteiger partial charge in [0.25, 0.3) is 5.91 Å². The number of aryl methyl sites for hydroxylation is 1. The van der Waals surface area contributed by atoms with Crippen molar-refractivity contribution >= 4 is 27.9 Å². The van der Waals surface area contributed by atoms with Crippen LogP contribution in [0.25, 0.3) is 0 Å². The van der Waals surface area contributed by atoms with Crippen molar-refractivity contribution in [2.75, 3.05) is 0 Å². The molecule has 3 amide bonds. The van der Waals surface area contributed by atoms with Gasteiger partial charge in [-0.1, -0.05) is 30.5 Å². The molecule has 0 bridgehead atoms. The van der Waals surface area contributed by atoms with Crippen LogP contribution in [0.1, 0.15) is 45.1 Å². The van der Waals surface area contributed by atoms with Crippen molar-refractivity contribution < 1.29 is 27.5 Å². The molecule has 0 unspecified atom stereocenters. The van der Waals surface area contributed by atoms with Gasteiger partial charge in [-0.3, -0.25) is 14.9 Å². The monoisotopic (exact) mass is 425 g/mol. The minimum Gasteiger partial charge on any atom is -0.451 e. The van der Waals surface area contributed by atoms with Gasteiger partial charge in [0.1, 0.15) is 6.04 Å². The first-order valence-corrected chi connectivity index (χ1v) is 11.0. The third-order valence-electron chi connectivity index (χ3n) is 4.61. The van der Waals surface area contributed by atoms with Crippen molar-refractivity contribution in [3.8, 4) is 0 Å². The Kier molecular flexibility index (Phi) is 7.74. The van der Waals surface area contributed by atoms with E-state index in [0.29, 0.717) is 0 Å². The topological polar surface area (TPSA) is 131 Å². The number of rotatable bonds is 7. The lowest BCUT2D eigenvalue weighted by atomic mass is 10.2. The molecule has 9 nitrogen and oxygen atoms in total. The van der Waals surface area contributed by atoms with E-state index in [0.717, 1.165) is 31.2 Å². The first-order chi connectivity index (χ1) is 13.6. The number of amides is 3. The zero-order chi connectivity index (χ0) is 21.6. The van der Waals surface area contributed by atoms with Gasteiger partial charge in [-0.25, -0.2) is 13.2 Å². The maximum Gasteiger partial charge on any atom is 0.324 e. The highest BCUT2D eigenvalue weighted by molar-refractivity contribution is 7.89. The third kappa shape index (κ3) is 6.82. The van der Waals surface area contributed by atoms with Gasteiger partial charge in [0.15, 0.2) is 6.10 Å². The van der Waals surface area contributed by atoms with Gasteiger partial charge in [0.2, 0.25) is 10.0 Å². The van der Waals surface area contributed by atoms with Crippen LogP contribution in [-0.4, -0.2) is 44.5 Å². The molecule has 0 heterocycles. The van der Waals surface area contributed by atoms with Crippen molar-refractivity contribution in [2.45, 2.75) is 69.5 Å². The lowest BCUT2D eigenvalue weighted by Gasteiger charge is -2.18. The normalized spacial score (nSPS) is 16.7. The Morgan fingerprint density at radius 2 is 1.66 bits per heavy atom. The molecule has 0 saturated heterocycles. The van der Waals surface area contributed by atoms with Gasteiger partial charge < -0.3 is 10.1 Å². The standard InChI is InChI=1S/C19H27N3O6S/c1-12-8-10-16(11-9-12)29(26,27)22-13(2)18(24)28-14(3)17(23)21-19(25)20-15-6-4-5-7-15/h8-11,13-15,22H,4-7H2,1-3H3,(H2,20,21,23,25)/t13-,14+/m0/s1. The molecule has 0 spiro atoms. The molecular formula is C19H27N3O6S. The Labute approximate surface area is 170 Å². The van der Waals surface area contributed by atoms with E-state index in [1.54, 1.807) is 12.1 Å². The van der Waals surface area contributed by atoms with E-state index >= 15 is 0 Å². The van der Waals surface area contributed by atoms with Gasteiger partial charge in [-0.2, -0.15) is 4.72 Å². The second-order valence-electron chi connectivity index (χ2n) is 7.18. The van der Waals surface area contributed by atoms with E-state index in [2.05, 4.69) is 15.4 Å². The summed E-state index contributed by atoms with van der Waals surface area (Å²) in [4.78, 5) is 36.0. The van der Waals surface area contributed by atoms with Crippen molar-refractivity contribution in [1.29, 1.82) is 0 Å². The summed E-state index contributed by atoms with van der Waals surface area (Å²) >= 11 is 0. The van der Waals surface area contributed by atoms with Gasteiger partial charge in [-0.15, -0.1) is 0 Å². The number of urea groups is 1. The first kappa shape index (κ1) is 22.8. The summed E-state index contributed by atoms with van der Waals surface area (Å²) in [5.41, 5.74) is 0.896. The second kappa shape index (κ2) is 9.84. The van der Waals surface area contributed by atoms with Gasteiger partial charge in [-0.05, 0) is 45.7 Å². The van der Waals surface area contributed by atoms with Crippen molar-refractivity contribution in [3.05, 3.63) is 29.8 Å². The minimum absolute atomic E-state index is 0.0112. The molecule has 3 N–H and O–H groups in total. The van der Waals surface area contributed by atoms with Crippen molar-refractivity contribution in [3.63, 3.8) is 0 Å². The van der Waals surface area contributed by atoms with E-state index in [4.69, 9.17) is 4.74 Å². The fourth-order valence-corrected chi connectivity index (χ4v) is 4.09. The molecule has 10 heteroatoms. The fraction of sp³-hybridized carbons (Fsp3) is 0.526. The Morgan fingerprint density at radius 1 is 1.07 bits per heavy atom. The Bertz CT molecular complexity index is 847. The summed E-state index contributed by atoms with van der Waals surface area (Å²) in [7, 11) is -3.93. The van der Waals surface area contributed by atoms with E-state index in [-0.39, 0.29) is 10.9 Å². The van der Waals surface area contributed by atoms with Crippen molar-refractivity contribution in [1.82, 2.24) is 15.4 Å². The molecule has 0 aromatic heterocycles. The number of carbonyl (C=O) groups excluding carboxylic acids is 3. The molecule has 29 heavy (non-hydrogen) atoms. The summed E-state index contributed by atoms with van der Waals surface area (Å²) in [5, 5.41) is 4.82. The quantitative estimate of drug-likeness (QED) is 0.566. The molecule has 2 rings (SSSR count). The average molecular weight is 426 g/mol. The first-order valence-electron chi connectivity index (χ1n) is 9.49. The van der Waals surface area contributed by atoms with E-state index in [9.17, 15) is 22.8 Å². The van der Waals surface area contributed by atoms with Crippen LogP contribution >= 0.6 is 0 Å². The number of esters is 1. The third-order valence-corrected chi connectivity index (χ3v) is 6.16. The van der Waals surface area contributed by atoms with Crippen LogP contribution in [0, 0.1) is 6.92 Å². The molecule has 1 saturated carbocycles. The van der Waals surface area contributed by atoms with Gasteiger partial charge in [0.05, 0.1) is 4.90 Å². The number of benzene rings is 1. The largest absolute Gasteiger partial charge is 0.451 e. The lowest BCUT2D eigenvalue weighted by Crippen LogP contribution is -2.48. The van der Waals surface area contributed by atoms with Crippen molar-refractivity contribution in [2.24, 2.45) is 0 Å². The van der Waals surface area contributed by atoms with Crippen LogP contribution in [0.2, 0.25) is 0 Å². The predicted octanol–water partition coefficient (Wildman–Crippen LogP) is 1.36. The molecule has 1 aliphatic rings. The number of ether oxygens (including phenoxy) is 1. The molecule has 2 atom stereocenters. The predicted molar refractivity (Wildman–Crippen MR) is 105 cm³/mol. The van der Waals surface area contributed by atoms with Crippen LogP contribution in [-0.2, 0) is 24.3 Å². The van der Waals surface area contributed by atoms with Crippen LogP contribution < -0.4 is 15.4 Å². The maximum absolute atomic E-state index is 12.3. The SMILES string of the molecule is Cc1ccc(S(=O)(=O)N[C@@H](C)C(=O)O[C@H](C)C(=O)NC(=O)NC2CCCC2)cc1. The summed E-state index contributed by atoms with van der Waals surface area (Å²) in [6.45, 7) is 4.44. The zero-order valence-corrected chi connectivity index (χ0v) is 17.5.